The molecule has 5 heteroatoms. The van der Waals surface area contributed by atoms with Crippen LogP contribution in [0, 0.1) is 29.4 Å². The lowest BCUT2D eigenvalue weighted by Gasteiger charge is -2.17. The van der Waals surface area contributed by atoms with Crippen molar-refractivity contribution in [1.82, 2.24) is 0 Å². The van der Waals surface area contributed by atoms with E-state index in [1.54, 1.807) is 40.7 Å². The SMILES string of the molecule is Cc1cc(C)c(OCC(=O)C(C)(C)C)c([N+](=O)[O-])c1. The summed E-state index contributed by atoms with van der Waals surface area (Å²) in [5.41, 5.74) is 0.833. The van der Waals surface area contributed by atoms with Gasteiger partial charge in [-0.25, -0.2) is 0 Å². The number of carbonyl (C=O) groups excluding carboxylic acids is 1. The molecule has 0 amide bonds. The summed E-state index contributed by atoms with van der Waals surface area (Å²) in [6.07, 6.45) is 0. The van der Waals surface area contributed by atoms with Gasteiger partial charge in [0.1, 0.15) is 6.61 Å². The highest BCUT2D eigenvalue weighted by atomic mass is 16.6. The zero-order valence-corrected chi connectivity index (χ0v) is 11.9. The topological polar surface area (TPSA) is 69.4 Å². The molecule has 5 nitrogen and oxygen atoms in total. The molecule has 0 unspecified atom stereocenters. The molecule has 0 heterocycles. The van der Waals surface area contributed by atoms with E-state index >= 15 is 0 Å². The lowest BCUT2D eigenvalue weighted by molar-refractivity contribution is -0.385. The Labute approximate surface area is 112 Å². The lowest BCUT2D eigenvalue weighted by Crippen LogP contribution is -2.26. The monoisotopic (exact) mass is 265 g/mol. The molecule has 1 aromatic carbocycles. The van der Waals surface area contributed by atoms with E-state index in [1.807, 2.05) is 0 Å². The van der Waals surface area contributed by atoms with Crippen LogP contribution in [0.2, 0.25) is 0 Å². The molecule has 0 atom stereocenters. The number of ketones is 1. The fraction of sp³-hybridized carbons (Fsp3) is 0.500. The summed E-state index contributed by atoms with van der Waals surface area (Å²) in [6, 6.07) is 3.24. The van der Waals surface area contributed by atoms with Gasteiger partial charge >= 0.3 is 5.69 Å². The van der Waals surface area contributed by atoms with Gasteiger partial charge in [0.15, 0.2) is 5.78 Å². The number of hydrogen-bond donors (Lipinski definition) is 0. The van der Waals surface area contributed by atoms with Crippen LogP contribution in [0.15, 0.2) is 12.1 Å². The predicted octanol–water partition coefficient (Wildman–Crippen LogP) is 3.21. The number of benzene rings is 1. The third-order valence-electron chi connectivity index (χ3n) is 2.78. The highest BCUT2D eigenvalue weighted by Gasteiger charge is 2.24. The fourth-order valence-electron chi connectivity index (χ4n) is 1.61. The third-order valence-corrected chi connectivity index (χ3v) is 2.78. The van der Waals surface area contributed by atoms with Gasteiger partial charge in [0.25, 0.3) is 0 Å². The van der Waals surface area contributed by atoms with Crippen molar-refractivity contribution >= 4 is 11.5 Å². The van der Waals surface area contributed by atoms with Gasteiger partial charge in [-0.1, -0.05) is 26.8 Å². The summed E-state index contributed by atoms with van der Waals surface area (Å²) >= 11 is 0. The Kier molecular flexibility index (Phi) is 4.29. The molecule has 1 aromatic rings. The molecule has 0 aromatic heterocycles. The summed E-state index contributed by atoms with van der Waals surface area (Å²) in [4.78, 5) is 22.3. The second-order valence-electron chi connectivity index (χ2n) is 5.65. The van der Waals surface area contributed by atoms with Gasteiger partial charge in [0.05, 0.1) is 4.92 Å². The number of nitrogens with zero attached hydrogens (tertiary/aromatic N) is 1. The molecule has 0 saturated carbocycles. The van der Waals surface area contributed by atoms with Crippen LogP contribution in [0.4, 0.5) is 5.69 Å². The molecule has 19 heavy (non-hydrogen) atoms. The van der Waals surface area contributed by atoms with Gasteiger partial charge in [-0.15, -0.1) is 0 Å². The molecular weight excluding hydrogens is 246 g/mol. The molecule has 0 N–H and O–H groups in total. The molecular formula is C14H19NO4. The highest BCUT2D eigenvalue weighted by molar-refractivity contribution is 5.85. The lowest BCUT2D eigenvalue weighted by atomic mass is 9.91. The van der Waals surface area contributed by atoms with Gasteiger partial charge in [-0.3, -0.25) is 14.9 Å². The normalized spacial score (nSPS) is 11.2. The van der Waals surface area contributed by atoms with Crippen LogP contribution in [-0.2, 0) is 4.79 Å². The molecule has 0 aliphatic carbocycles. The average Bonchev–Trinajstić information content (AvgIpc) is 2.24. The van der Waals surface area contributed by atoms with E-state index in [2.05, 4.69) is 0 Å². The summed E-state index contributed by atoms with van der Waals surface area (Å²) in [5, 5.41) is 11.0. The maximum Gasteiger partial charge on any atom is 0.311 e. The first-order valence-electron chi connectivity index (χ1n) is 6.04. The Bertz CT molecular complexity index is 515. The number of rotatable bonds is 4. The molecule has 0 fully saturated rings. The second-order valence-corrected chi connectivity index (χ2v) is 5.65. The number of Topliss-reactive ketones (excluding diaryl/α,β-unsaturated/α-hetero) is 1. The number of hydrogen-bond acceptors (Lipinski definition) is 4. The number of nitro groups is 1. The minimum atomic E-state index is -0.520. The number of nitro benzene ring substituents is 1. The van der Waals surface area contributed by atoms with E-state index in [0.29, 0.717) is 5.56 Å². The number of ether oxygens (including phenoxy) is 1. The largest absolute Gasteiger partial charge is 0.479 e. The van der Waals surface area contributed by atoms with Crippen LogP contribution >= 0.6 is 0 Å². The van der Waals surface area contributed by atoms with E-state index in [9.17, 15) is 14.9 Å². The fourth-order valence-corrected chi connectivity index (χ4v) is 1.61. The van der Waals surface area contributed by atoms with Gasteiger partial charge in [-0.05, 0) is 25.0 Å². The smallest absolute Gasteiger partial charge is 0.311 e. The number of carbonyl (C=O) groups is 1. The van der Waals surface area contributed by atoms with Crippen molar-refractivity contribution in [2.24, 2.45) is 5.41 Å². The zero-order valence-electron chi connectivity index (χ0n) is 11.9. The van der Waals surface area contributed by atoms with Crippen LogP contribution < -0.4 is 4.74 Å². The quantitative estimate of drug-likeness (QED) is 0.619. The molecule has 0 saturated heterocycles. The Morgan fingerprint density at radius 1 is 1.32 bits per heavy atom. The second kappa shape index (κ2) is 5.38. The molecule has 1 rings (SSSR count). The maximum atomic E-state index is 11.8. The molecule has 0 aliphatic heterocycles. The first-order chi connectivity index (χ1) is 8.62. The van der Waals surface area contributed by atoms with Crippen LogP contribution in [-0.4, -0.2) is 17.3 Å². The van der Waals surface area contributed by atoms with E-state index < -0.39 is 10.3 Å². The van der Waals surface area contributed by atoms with E-state index in [0.717, 1.165) is 5.56 Å². The zero-order chi connectivity index (χ0) is 14.8. The van der Waals surface area contributed by atoms with E-state index in [4.69, 9.17) is 4.74 Å². The Morgan fingerprint density at radius 2 is 1.89 bits per heavy atom. The molecule has 104 valence electrons. The van der Waals surface area contributed by atoms with Crippen molar-refractivity contribution in [3.8, 4) is 5.75 Å². The summed E-state index contributed by atoms with van der Waals surface area (Å²) < 4.78 is 5.38. The molecule has 0 radical (unpaired) electrons. The van der Waals surface area contributed by atoms with Crippen molar-refractivity contribution < 1.29 is 14.5 Å². The predicted molar refractivity (Wildman–Crippen MR) is 72.5 cm³/mol. The van der Waals surface area contributed by atoms with Crippen molar-refractivity contribution in [3.63, 3.8) is 0 Å². The molecule has 0 aliphatic rings. The van der Waals surface area contributed by atoms with Crippen molar-refractivity contribution in [1.29, 1.82) is 0 Å². The highest BCUT2D eigenvalue weighted by Crippen LogP contribution is 2.32. The van der Waals surface area contributed by atoms with E-state index in [1.165, 1.54) is 6.07 Å². The Balaban J connectivity index is 3.01. The van der Waals surface area contributed by atoms with Crippen LogP contribution in [0.5, 0.6) is 5.75 Å². The standard InChI is InChI=1S/C14H19NO4/c1-9-6-10(2)13(11(7-9)15(17)18)19-8-12(16)14(3,4)5/h6-7H,8H2,1-5H3. The summed E-state index contributed by atoms with van der Waals surface area (Å²) in [6.45, 7) is 8.72. The van der Waals surface area contributed by atoms with Crippen LogP contribution in [0.3, 0.4) is 0 Å². The van der Waals surface area contributed by atoms with Gasteiger partial charge < -0.3 is 4.74 Å². The van der Waals surface area contributed by atoms with E-state index in [-0.39, 0.29) is 23.8 Å². The van der Waals surface area contributed by atoms with Crippen LogP contribution in [0.25, 0.3) is 0 Å². The summed E-state index contributed by atoms with van der Waals surface area (Å²) in [5.74, 6) is 0.0787. The van der Waals surface area contributed by atoms with Crippen molar-refractivity contribution in [2.75, 3.05) is 6.61 Å². The maximum absolute atomic E-state index is 11.8. The van der Waals surface area contributed by atoms with Gasteiger partial charge in [0, 0.05) is 11.5 Å². The molecule has 0 bridgehead atoms. The average molecular weight is 265 g/mol. The minimum absolute atomic E-state index is 0.0956. The molecule has 0 spiro atoms. The van der Waals surface area contributed by atoms with Gasteiger partial charge in [0.2, 0.25) is 5.75 Å². The van der Waals surface area contributed by atoms with Crippen molar-refractivity contribution in [2.45, 2.75) is 34.6 Å². The Morgan fingerprint density at radius 3 is 2.37 bits per heavy atom. The van der Waals surface area contributed by atoms with Gasteiger partial charge in [-0.2, -0.15) is 0 Å². The third kappa shape index (κ3) is 3.77. The van der Waals surface area contributed by atoms with Crippen molar-refractivity contribution in [3.05, 3.63) is 33.4 Å². The minimum Gasteiger partial charge on any atom is -0.479 e. The first-order valence-corrected chi connectivity index (χ1v) is 6.04. The number of aryl methyl sites for hydroxylation is 2. The van der Waals surface area contributed by atoms with Crippen LogP contribution in [0.1, 0.15) is 31.9 Å². The first kappa shape index (κ1) is 15.1. The summed E-state index contributed by atoms with van der Waals surface area (Å²) in [7, 11) is 0. The Hall–Kier alpha value is -1.91.